The third kappa shape index (κ3) is 2.28. The molecule has 17 heavy (non-hydrogen) atoms. The molecule has 0 N–H and O–H groups in total. The summed E-state index contributed by atoms with van der Waals surface area (Å²) in [6, 6.07) is 6.04. The van der Waals surface area contributed by atoms with E-state index in [0.29, 0.717) is 0 Å². The Morgan fingerprint density at radius 2 is 2.47 bits per heavy atom. The highest BCUT2D eigenvalue weighted by Gasteiger charge is 2.23. The highest BCUT2D eigenvalue weighted by molar-refractivity contribution is 7.16. The van der Waals surface area contributed by atoms with Crippen LogP contribution in [0, 0.1) is 0 Å². The molecule has 0 radical (unpaired) electrons. The van der Waals surface area contributed by atoms with Gasteiger partial charge in [0, 0.05) is 6.61 Å². The van der Waals surface area contributed by atoms with Gasteiger partial charge in [0.15, 0.2) is 0 Å². The number of aromatic nitrogens is 1. The molecule has 2 unspecified atom stereocenters. The topological polar surface area (TPSA) is 31.4 Å². The van der Waals surface area contributed by atoms with E-state index in [9.17, 15) is 0 Å². The van der Waals surface area contributed by atoms with Crippen LogP contribution in [-0.4, -0.2) is 23.8 Å². The molecule has 3 rings (SSSR count). The fourth-order valence-electron chi connectivity index (χ4n) is 2.17. The molecule has 0 bridgehead atoms. The molecular weight excluding hydrogens is 234 g/mol. The second-order valence-corrected chi connectivity index (χ2v) is 5.24. The van der Waals surface area contributed by atoms with E-state index >= 15 is 0 Å². The molecule has 1 aliphatic rings. The normalized spacial score (nSPS) is 21.8. The molecule has 3 nitrogen and oxygen atoms in total. The van der Waals surface area contributed by atoms with Crippen LogP contribution in [-0.2, 0) is 4.74 Å². The fraction of sp³-hybridized carbons (Fsp3) is 0.462. The first kappa shape index (κ1) is 11.0. The van der Waals surface area contributed by atoms with Crippen LogP contribution >= 0.6 is 11.3 Å². The molecule has 1 aromatic carbocycles. The van der Waals surface area contributed by atoms with E-state index in [0.717, 1.165) is 30.7 Å². The SMILES string of the molecule is CC(Oc1ccc2ncsc2c1)C1CCCO1. The van der Waals surface area contributed by atoms with E-state index in [1.54, 1.807) is 11.3 Å². The predicted octanol–water partition coefficient (Wildman–Crippen LogP) is 3.24. The van der Waals surface area contributed by atoms with Crippen molar-refractivity contribution in [3.05, 3.63) is 23.7 Å². The van der Waals surface area contributed by atoms with Gasteiger partial charge >= 0.3 is 0 Å². The van der Waals surface area contributed by atoms with Gasteiger partial charge in [-0.1, -0.05) is 0 Å². The molecule has 1 aliphatic heterocycles. The molecular formula is C13H15NO2S. The Labute approximate surface area is 104 Å². The minimum absolute atomic E-state index is 0.114. The van der Waals surface area contributed by atoms with Crippen LogP contribution in [0.5, 0.6) is 5.75 Å². The van der Waals surface area contributed by atoms with Crippen molar-refractivity contribution in [3.8, 4) is 5.75 Å². The summed E-state index contributed by atoms with van der Waals surface area (Å²) in [6.45, 7) is 2.94. The van der Waals surface area contributed by atoms with Crippen LogP contribution in [0.15, 0.2) is 23.7 Å². The maximum Gasteiger partial charge on any atom is 0.122 e. The maximum absolute atomic E-state index is 5.93. The van der Waals surface area contributed by atoms with Crippen LogP contribution in [0.4, 0.5) is 0 Å². The van der Waals surface area contributed by atoms with Crippen molar-refractivity contribution < 1.29 is 9.47 Å². The Morgan fingerprint density at radius 3 is 3.29 bits per heavy atom. The van der Waals surface area contributed by atoms with E-state index in [4.69, 9.17) is 9.47 Å². The van der Waals surface area contributed by atoms with E-state index in [1.807, 2.05) is 17.6 Å². The van der Waals surface area contributed by atoms with Crippen LogP contribution in [0.3, 0.4) is 0 Å². The van der Waals surface area contributed by atoms with Gasteiger partial charge < -0.3 is 9.47 Å². The number of fused-ring (bicyclic) bond motifs is 1. The van der Waals surface area contributed by atoms with Crippen molar-refractivity contribution in [2.24, 2.45) is 0 Å². The van der Waals surface area contributed by atoms with Gasteiger partial charge in [-0.3, -0.25) is 0 Å². The van der Waals surface area contributed by atoms with E-state index in [2.05, 4.69) is 18.0 Å². The van der Waals surface area contributed by atoms with Gasteiger partial charge in [-0.15, -0.1) is 11.3 Å². The minimum atomic E-state index is 0.114. The smallest absolute Gasteiger partial charge is 0.122 e. The summed E-state index contributed by atoms with van der Waals surface area (Å²) in [5.41, 5.74) is 2.89. The average molecular weight is 249 g/mol. The van der Waals surface area contributed by atoms with Crippen molar-refractivity contribution >= 4 is 21.6 Å². The highest BCUT2D eigenvalue weighted by atomic mass is 32.1. The largest absolute Gasteiger partial charge is 0.488 e. The first-order chi connectivity index (χ1) is 8.33. The van der Waals surface area contributed by atoms with Gasteiger partial charge in [0.25, 0.3) is 0 Å². The van der Waals surface area contributed by atoms with Gasteiger partial charge in [-0.25, -0.2) is 4.98 Å². The Hall–Kier alpha value is -1.13. The molecule has 90 valence electrons. The molecule has 2 aromatic rings. The predicted molar refractivity (Wildman–Crippen MR) is 68.7 cm³/mol. The fourth-order valence-corrected chi connectivity index (χ4v) is 2.88. The molecule has 0 amide bonds. The molecule has 1 aromatic heterocycles. The minimum Gasteiger partial charge on any atom is -0.488 e. The Kier molecular flexibility index (Phi) is 2.99. The Morgan fingerprint density at radius 1 is 1.53 bits per heavy atom. The Bertz CT molecular complexity index is 505. The quantitative estimate of drug-likeness (QED) is 0.836. The van der Waals surface area contributed by atoms with Gasteiger partial charge in [0.05, 0.1) is 21.8 Å². The summed E-state index contributed by atoms with van der Waals surface area (Å²) in [5, 5.41) is 0. The zero-order chi connectivity index (χ0) is 11.7. The molecule has 2 heterocycles. The first-order valence-corrected chi connectivity index (χ1v) is 6.82. The lowest BCUT2D eigenvalue weighted by Gasteiger charge is -2.20. The van der Waals surface area contributed by atoms with Gasteiger partial charge in [0.2, 0.25) is 0 Å². The third-order valence-corrected chi connectivity index (χ3v) is 3.90. The van der Waals surface area contributed by atoms with Gasteiger partial charge in [0.1, 0.15) is 11.9 Å². The summed E-state index contributed by atoms with van der Waals surface area (Å²) in [6.07, 6.45) is 2.60. The average Bonchev–Trinajstić information content (AvgIpc) is 2.99. The van der Waals surface area contributed by atoms with Crippen LogP contribution in [0.2, 0.25) is 0 Å². The standard InChI is InChI=1S/C13H15NO2S/c1-9(12-3-2-6-15-12)16-10-4-5-11-13(7-10)17-8-14-11/h4-5,7-9,12H,2-3,6H2,1H3. The number of nitrogens with zero attached hydrogens (tertiary/aromatic N) is 1. The van der Waals surface area contributed by atoms with Gasteiger partial charge in [-0.2, -0.15) is 0 Å². The number of rotatable bonds is 3. The second-order valence-electron chi connectivity index (χ2n) is 4.36. The van der Waals surface area contributed by atoms with Crippen molar-refractivity contribution in [1.82, 2.24) is 4.98 Å². The van der Waals surface area contributed by atoms with Gasteiger partial charge in [-0.05, 0) is 38.0 Å². The molecule has 0 aliphatic carbocycles. The van der Waals surface area contributed by atoms with Crippen molar-refractivity contribution in [3.63, 3.8) is 0 Å². The maximum atomic E-state index is 5.93. The van der Waals surface area contributed by atoms with E-state index in [1.165, 1.54) is 4.70 Å². The lowest BCUT2D eigenvalue weighted by Crippen LogP contribution is -2.27. The first-order valence-electron chi connectivity index (χ1n) is 5.94. The number of ether oxygens (including phenoxy) is 2. The molecule has 1 saturated heterocycles. The van der Waals surface area contributed by atoms with Crippen molar-refractivity contribution in [1.29, 1.82) is 0 Å². The van der Waals surface area contributed by atoms with E-state index < -0.39 is 0 Å². The number of thiazole rings is 1. The Balaban J connectivity index is 1.74. The lowest BCUT2D eigenvalue weighted by molar-refractivity contribution is 0.0215. The lowest BCUT2D eigenvalue weighted by atomic mass is 10.1. The molecule has 4 heteroatoms. The molecule has 0 spiro atoms. The zero-order valence-corrected chi connectivity index (χ0v) is 10.6. The monoisotopic (exact) mass is 249 g/mol. The highest BCUT2D eigenvalue weighted by Crippen LogP contribution is 2.26. The number of benzene rings is 1. The summed E-state index contributed by atoms with van der Waals surface area (Å²) < 4.78 is 12.7. The van der Waals surface area contributed by atoms with E-state index in [-0.39, 0.29) is 12.2 Å². The van der Waals surface area contributed by atoms with Crippen LogP contribution < -0.4 is 4.74 Å². The van der Waals surface area contributed by atoms with Crippen LogP contribution in [0.25, 0.3) is 10.2 Å². The van der Waals surface area contributed by atoms with Crippen LogP contribution in [0.1, 0.15) is 19.8 Å². The van der Waals surface area contributed by atoms with Crippen molar-refractivity contribution in [2.45, 2.75) is 32.0 Å². The third-order valence-electron chi connectivity index (χ3n) is 3.11. The van der Waals surface area contributed by atoms with Crippen molar-refractivity contribution in [2.75, 3.05) is 6.61 Å². The molecule has 1 fully saturated rings. The summed E-state index contributed by atoms with van der Waals surface area (Å²) in [4.78, 5) is 4.25. The number of hydrogen-bond acceptors (Lipinski definition) is 4. The molecule has 0 saturated carbocycles. The zero-order valence-electron chi connectivity index (χ0n) is 9.76. The summed E-state index contributed by atoms with van der Waals surface area (Å²) in [5.74, 6) is 0.907. The second kappa shape index (κ2) is 4.63. The summed E-state index contributed by atoms with van der Waals surface area (Å²) >= 11 is 1.64. The molecule has 2 atom stereocenters. The number of hydrogen-bond donors (Lipinski definition) is 0. The summed E-state index contributed by atoms with van der Waals surface area (Å²) in [7, 11) is 0.